The Bertz CT molecular complexity index is 368. The van der Waals surface area contributed by atoms with E-state index < -0.39 is 0 Å². The average Bonchev–Trinajstić information content (AvgIpc) is 2.35. The molecule has 1 aromatic carbocycles. The molecule has 0 bridgehead atoms. The summed E-state index contributed by atoms with van der Waals surface area (Å²) in [5.41, 5.74) is 5.88. The first-order chi connectivity index (χ1) is 7.67. The van der Waals surface area contributed by atoms with Crippen molar-refractivity contribution in [2.24, 2.45) is 5.73 Å². The lowest BCUT2D eigenvalue weighted by Gasteiger charge is -2.12. The lowest BCUT2D eigenvalue weighted by molar-refractivity contribution is 0.100. The normalized spacial score (nSPS) is 10.0. The lowest BCUT2D eigenvalue weighted by atomic mass is 10.1. The summed E-state index contributed by atoms with van der Waals surface area (Å²) < 4.78 is 10.4. The zero-order valence-electron chi connectivity index (χ0n) is 9.57. The average molecular weight is 241 g/mol. The fourth-order valence-corrected chi connectivity index (χ4v) is 1.97. The van der Waals surface area contributed by atoms with Gasteiger partial charge in [0.15, 0.2) is 17.3 Å². The maximum Gasteiger partial charge on any atom is 0.176 e. The standard InChI is InChI=1S/C11H15NO3S/c1-14-9-4-7(8(13)6-12)5-10(16-3)11(9)15-2/h4-5H,6,12H2,1-3H3. The fourth-order valence-electron chi connectivity index (χ4n) is 1.36. The molecule has 5 heteroatoms. The highest BCUT2D eigenvalue weighted by atomic mass is 32.2. The van der Waals surface area contributed by atoms with Gasteiger partial charge in [-0.15, -0.1) is 11.8 Å². The van der Waals surface area contributed by atoms with E-state index in [1.54, 1.807) is 26.4 Å². The van der Waals surface area contributed by atoms with Gasteiger partial charge in [-0.25, -0.2) is 0 Å². The molecule has 0 saturated heterocycles. The third-order valence-electron chi connectivity index (χ3n) is 2.17. The smallest absolute Gasteiger partial charge is 0.176 e. The van der Waals surface area contributed by atoms with Gasteiger partial charge in [0, 0.05) is 5.56 Å². The SMILES string of the molecule is COc1cc(C(=O)CN)cc(SC)c1OC. The molecule has 0 amide bonds. The van der Waals surface area contributed by atoms with E-state index in [4.69, 9.17) is 15.2 Å². The third-order valence-corrected chi connectivity index (χ3v) is 2.92. The van der Waals surface area contributed by atoms with Gasteiger partial charge < -0.3 is 15.2 Å². The van der Waals surface area contributed by atoms with Crippen molar-refractivity contribution >= 4 is 17.5 Å². The Hall–Kier alpha value is -1.20. The summed E-state index contributed by atoms with van der Waals surface area (Å²) in [6.45, 7) is -0.0106. The van der Waals surface area contributed by atoms with Crippen LogP contribution in [0.2, 0.25) is 0 Å². The van der Waals surface area contributed by atoms with Crippen LogP contribution in [0.5, 0.6) is 11.5 Å². The third kappa shape index (κ3) is 2.48. The van der Waals surface area contributed by atoms with E-state index in [0.717, 1.165) is 4.90 Å². The van der Waals surface area contributed by atoms with Gasteiger partial charge in [-0.3, -0.25) is 4.79 Å². The molecule has 0 aromatic heterocycles. The molecular weight excluding hydrogens is 226 g/mol. The van der Waals surface area contributed by atoms with Gasteiger partial charge in [0.25, 0.3) is 0 Å². The largest absolute Gasteiger partial charge is 0.493 e. The number of thioether (sulfide) groups is 1. The number of Topliss-reactive ketones (excluding diaryl/α,β-unsaturated/α-hetero) is 1. The summed E-state index contributed by atoms with van der Waals surface area (Å²) in [4.78, 5) is 12.4. The number of carbonyl (C=O) groups is 1. The van der Waals surface area contributed by atoms with Crippen LogP contribution in [0.3, 0.4) is 0 Å². The first-order valence-corrected chi connectivity index (χ1v) is 5.93. The molecule has 0 fully saturated rings. The molecule has 0 heterocycles. The molecule has 1 rings (SSSR count). The van der Waals surface area contributed by atoms with Crippen LogP contribution in [0, 0.1) is 0 Å². The quantitative estimate of drug-likeness (QED) is 0.626. The Balaban J connectivity index is 3.31. The zero-order valence-corrected chi connectivity index (χ0v) is 10.4. The van der Waals surface area contributed by atoms with E-state index in [-0.39, 0.29) is 12.3 Å². The topological polar surface area (TPSA) is 61.5 Å². The Morgan fingerprint density at radius 2 is 2.06 bits per heavy atom. The van der Waals surface area contributed by atoms with Crippen LogP contribution in [0.4, 0.5) is 0 Å². The van der Waals surface area contributed by atoms with Crippen LogP contribution in [-0.2, 0) is 0 Å². The minimum Gasteiger partial charge on any atom is -0.493 e. The van der Waals surface area contributed by atoms with E-state index >= 15 is 0 Å². The molecule has 2 N–H and O–H groups in total. The number of benzene rings is 1. The molecule has 0 saturated carbocycles. The van der Waals surface area contributed by atoms with Crippen LogP contribution in [0.1, 0.15) is 10.4 Å². The molecule has 0 aliphatic rings. The molecule has 4 nitrogen and oxygen atoms in total. The maximum absolute atomic E-state index is 11.5. The minimum atomic E-state index is -0.115. The van der Waals surface area contributed by atoms with Crippen LogP contribution >= 0.6 is 11.8 Å². The summed E-state index contributed by atoms with van der Waals surface area (Å²) >= 11 is 1.49. The van der Waals surface area contributed by atoms with E-state index in [9.17, 15) is 4.79 Å². The van der Waals surface area contributed by atoms with Crippen molar-refractivity contribution in [3.63, 3.8) is 0 Å². The first kappa shape index (κ1) is 12.9. The van der Waals surface area contributed by atoms with Gasteiger partial charge in [0.2, 0.25) is 0 Å². The van der Waals surface area contributed by atoms with Crippen molar-refractivity contribution in [2.75, 3.05) is 27.0 Å². The molecule has 16 heavy (non-hydrogen) atoms. The zero-order chi connectivity index (χ0) is 12.1. The predicted octanol–water partition coefficient (Wildman–Crippen LogP) is 1.57. The maximum atomic E-state index is 11.5. The van der Waals surface area contributed by atoms with Gasteiger partial charge in [0.1, 0.15) is 0 Å². The first-order valence-electron chi connectivity index (χ1n) is 4.71. The number of carbonyl (C=O) groups excluding carboxylic acids is 1. The second-order valence-corrected chi connectivity index (χ2v) is 3.89. The van der Waals surface area contributed by atoms with Gasteiger partial charge in [-0.2, -0.15) is 0 Å². The number of nitrogens with two attached hydrogens (primary N) is 1. The van der Waals surface area contributed by atoms with Crippen molar-refractivity contribution in [1.82, 2.24) is 0 Å². The van der Waals surface area contributed by atoms with E-state index in [2.05, 4.69) is 0 Å². The molecule has 1 aromatic rings. The molecule has 0 aliphatic carbocycles. The molecule has 0 spiro atoms. The summed E-state index contributed by atoms with van der Waals surface area (Å²) in [7, 11) is 3.11. The second-order valence-electron chi connectivity index (χ2n) is 3.04. The molecule has 0 radical (unpaired) electrons. The number of hydrogen-bond donors (Lipinski definition) is 1. The van der Waals surface area contributed by atoms with Gasteiger partial charge in [0.05, 0.1) is 25.7 Å². The van der Waals surface area contributed by atoms with E-state index in [1.165, 1.54) is 11.8 Å². The fraction of sp³-hybridized carbons (Fsp3) is 0.364. The van der Waals surface area contributed by atoms with Crippen molar-refractivity contribution in [2.45, 2.75) is 4.90 Å². The Morgan fingerprint density at radius 3 is 2.50 bits per heavy atom. The van der Waals surface area contributed by atoms with Crippen LogP contribution in [0.25, 0.3) is 0 Å². The van der Waals surface area contributed by atoms with Gasteiger partial charge in [-0.05, 0) is 18.4 Å². The molecule has 0 atom stereocenters. The highest BCUT2D eigenvalue weighted by Crippen LogP contribution is 2.37. The van der Waals surface area contributed by atoms with E-state index in [1.807, 2.05) is 6.26 Å². The van der Waals surface area contributed by atoms with Crippen molar-refractivity contribution in [1.29, 1.82) is 0 Å². The van der Waals surface area contributed by atoms with Crippen LogP contribution in [-0.4, -0.2) is 32.8 Å². The number of hydrogen-bond acceptors (Lipinski definition) is 5. The number of ketones is 1. The summed E-state index contributed by atoms with van der Waals surface area (Å²) in [6, 6.07) is 3.41. The predicted molar refractivity (Wildman–Crippen MR) is 64.7 cm³/mol. The Morgan fingerprint density at radius 1 is 1.38 bits per heavy atom. The van der Waals surface area contributed by atoms with Crippen molar-refractivity contribution in [3.8, 4) is 11.5 Å². The summed E-state index contributed by atoms with van der Waals surface area (Å²) in [6.07, 6.45) is 1.91. The Kier molecular flexibility index (Phi) is 4.64. The summed E-state index contributed by atoms with van der Waals surface area (Å²) in [5, 5.41) is 0. The molecule has 0 unspecified atom stereocenters. The van der Waals surface area contributed by atoms with Crippen molar-refractivity contribution in [3.05, 3.63) is 17.7 Å². The molecule has 88 valence electrons. The van der Waals surface area contributed by atoms with Crippen molar-refractivity contribution < 1.29 is 14.3 Å². The van der Waals surface area contributed by atoms with Crippen LogP contribution in [0.15, 0.2) is 17.0 Å². The Labute approximate surface area is 99.1 Å². The monoisotopic (exact) mass is 241 g/mol. The second kappa shape index (κ2) is 5.77. The molecular formula is C11H15NO3S. The number of methoxy groups -OCH3 is 2. The number of rotatable bonds is 5. The minimum absolute atomic E-state index is 0.0106. The summed E-state index contributed by atoms with van der Waals surface area (Å²) in [5.74, 6) is 1.07. The van der Waals surface area contributed by atoms with E-state index in [0.29, 0.717) is 17.1 Å². The number of ether oxygens (including phenoxy) is 2. The van der Waals surface area contributed by atoms with Gasteiger partial charge in [-0.1, -0.05) is 0 Å². The lowest BCUT2D eigenvalue weighted by Crippen LogP contribution is -2.13. The van der Waals surface area contributed by atoms with Gasteiger partial charge >= 0.3 is 0 Å². The van der Waals surface area contributed by atoms with Crippen LogP contribution < -0.4 is 15.2 Å². The molecule has 0 aliphatic heterocycles. The highest BCUT2D eigenvalue weighted by Gasteiger charge is 2.14. The highest BCUT2D eigenvalue weighted by molar-refractivity contribution is 7.98.